The van der Waals surface area contributed by atoms with Crippen molar-refractivity contribution in [1.29, 1.82) is 0 Å². The number of hydrogen-bond donors (Lipinski definition) is 1. The second-order valence-corrected chi connectivity index (χ2v) is 6.67. The van der Waals surface area contributed by atoms with Gasteiger partial charge in [0.15, 0.2) is 6.61 Å². The summed E-state index contributed by atoms with van der Waals surface area (Å²) in [7, 11) is 0. The number of anilines is 1. The van der Waals surface area contributed by atoms with Crippen molar-refractivity contribution in [3.05, 3.63) is 35.7 Å². The Morgan fingerprint density at radius 1 is 1.31 bits per heavy atom. The van der Waals surface area contributed by atoms with Gasteiger partial charge < -0.3 is 19.7 Å². The summed E-state index contributed by atoms with van der Waals surface area (Å²) < 4.78 is 13.2. The summed E-state index contributed by atoms with van der Waals surface area (Å²) in [5.41, 5.74) is 2.05. The van der Waals surface area contributed by atoms with Crippen LogP contribution in [0.15, 0.2) is 24.4 Å². The number of nitrogens with one attached hydrogen (secondary N) is 1. The Morgan fingerprint density at radius 3 is 3.15 bits per heavy atom. The fourth-order valence-electron chi connectivity index (χ4n) is 3.75. The van der Waals surface area contributed by atoms with Crippen molar-refractivity contribution in [2.45, 2.75) is 25.2 Å². The van der Waals surface area contributed by atoms with Crippen LogP contribution in [0.4, 0.5) is 5.69 Å². The quantitative estimate of drug-likeness (QED) is 0.804. The molecule has 0 unspecified atom stereocenters. The van der Waals surface area contributed by atoms with Gasteiger partial charge >= 0.3 is 0 Å². The fraction of sp³-hybridized carbons (Fsp3) is 0.412. The van der Waals surface area contributed by atoms with E-state index in [1.54, 1.807) is 24.4 Å². The van der Waals surface area contributed by atoms with Crippen LogP contribution >= 0.6 is 0 Å². The van der Waals surface area contributed by atoms with Crippen molar-refractivity contribution in [3.63, 3.8) is 0 Å². The first kappa shape index (κ1) is 15.3. The maximum Gasteiger partial charge on any atom is 0.262 e. The minimum Gasteiger partial charge on any atom is -0.482 e. The minimum atomic E-state index is -0.195. The number of amides is 2. The topological polar surface area (TPSA) is 98.6 Å². The van der Waals surface area contributed by atoms with Gasteiger partial charge in [-0.1, -0.05) is 5.21 Å². The third-order valence-electron chi connectivity index (χ3n) is 5.08. The summed E-state index contributed by atoms with van der Waals surface area (Å²) in [6.07, 6.45) is 2.51. The molecule has 0 radical (unpaired) electrons. The Labute approximate surface area is 148 Å². The maximum absolute atomic E-state index is 13.0. The molecule has 4 heterocycles. The summed E-state index contributed by atoms with van der Waals surface area (Å²) in [6, 6.07) is 5.07. The lowest BCUT2D eigenvalue weighted by molar-refractivity contribution is -0.118. The number of carbonyl (C=O) groups excluding carboxylic acids is 2. The molecular formula is C17H17N5O4. The highest BCUT2D eigenvalue weighted by Crippen LogP contribution is 2.32. The molecule has 134 valence electrons. The molecule has 1 fully saturated rings. The van der Waals surface area contributed by atoms with Crippen molar-refractivity contribution < 1.29 is 19.1 Å². The van der Waals surface area contributed by atoms with E-state index in [1.807, 2.05) is 9.58 Å². The molecule has 5 rings (SSSR count). The normalized spacial score (nSPS) is 24.0. The number of hydrogen-bond acceptors (Lipinski definition) is 6. The monoisotopic (exact) mass is 355 g/mol. The molecule has 0 spiro atoms. The summed E-state index contributed by atoms with van der Waals surface area (Å²) in [5, 5.41) is 10.8. The van der Waals surface area contributed by atoms with Crippen molar-refractivity contribution in [2.75, 3.05) is 25.0 Å². The maximum atomic E-state index is 13.0. The number of fused-ring (bicyclic) bond motifs is 4. The van der Waals surface area contributed by atoms with Gasteiger partial charge in [0.25, 0.3) is 11.8 Å². The highest BCUT2D eigenvalue weighted by Gasteiger charge is 2.38. The molecule has 0 saturated carbocycles. The highest BCUT2D eigenvalue weighted by atomic mass is 16.5. The molecule has 2 atom stereocenters. The second-order valence-electron chi connectivity index (χ2n) is 6.67. The van der Waals surface area contributed by atoms with Crippen LogP contribution in [0.2, 0.25) is 0 Å². The zero-order valence-corrected chi connectivity index (χ0v) is 13.9. The second kappa shape index (κ2) is 5.80. The lowest BCUT2D eigenvalue weighted by Gasteiger charge is -2.41. The van der Waals surface area contributed by atoms with Gasteiger partial charge in [0.05, 0.1) is 36.3 Å². The van der Waals surface area contributed by atoms with Crippen LogP contribution in [-0.2, 0) is 16.1 Å². The Kier molecular flexibility index (Phi) is 3.42. The van der Waals surface area contributed by atoms with E-state index in [2.05, 4.69) is 15.6 Å². The summed E-state index contributed by atoms with van der Waals surface area (Å²) >= 11 is 0. The smallest absolute Gasteiger partial charge is 0.262 e. The molecule has 3 aliphatic rings. The zero-order valence-electron chi connectivity index (χ0n) is 13.9. The predicted octanol–water partition coefficient (Wildman–Crippen LogP) is 0.595. The average molecular weight is 355 g/mol. The number of rotatable bonds is 1. The highest BCUT2D eigenvalue weighted by molar-refractivity contribution is 5.99. The third-order valence-corrected chi connectivity index (χ3v) is 5.08. The molecule has 0 aliphatic carbocycles. The molecule has 0 bridgehead atoms. The van der Waals surface area contributed by atoms with Crippen molar-refractivity contribution in [1.82, 2.24) is 19.9 Å². The number of nitrogens with zero attached hydrogens (tertiary/aromatic N) is 4. The van der Waals surface area contributed by atoms with Crippen LogP contribution in [0, 0.1) is 0 Å². The minimum absolute atomic E-state index is 0.0212. The molecular weight excluding hydrogens is 338 g/mol. The first-order valence-corrected chi connectivity index (χ1v) is 8.56. The van der Waals surface area contributed by atoms with Crippen molar-refractivity contribution >= 4 is 17.5 Å². The van der Waals surface area contributed by atoms with Crippen LogP contribution in [0.1, 0.15) is 28.5 Å². The number of piperidine rings is 1. The summed E-state index contributed by atoms with van der Waals surface area (Å²) in [6.45, 7) is 1.62. The summed E-state index contributed by atoms with van der Waals surface area (Å²) in [5.74, 6) is 0.253. The molecule has 3 aliphatic heterocycles. The molecule has 26 heavy (non-hydrogen) atoms. The van der Waals surface area contributed by atoms with Gasteiger partial charge in [-0.05, 0) is 24.6 Å². The van der Waals surface area contributed by atoms with E-state index < -0.39 is 0 Å². The van der Waals surface area contributed by atoms with Gasteiger partial charge in [0.1, 0.15) is 5.75 Å². The summed E-state index contributed by atoms with van der Waals surface area (Å²) in [4.78, 5) is 26.1. The van der Waals surface area contributed by atoms with Gasteiger partial charge in [0, 0.05) is 18.7 Å². The molecule has 1 saturated heterocycles. The van der Waals surface area contributed by atoms with Crippen LogP contribution in [0.25, 0.3) is 0 Å². The van der Waals surface area contributed by atoms with E-state index in [-0.39, 0.29) is 30.6 Å². The Bertz CT molecular complexity index is 895. The predicted molar refractivity (Wildman–Crippen MR) is 88.7 cm³/mol. The first-order valence-electron chi connectivity index (χ1n) is 8.56. The molecule has 1 aromatic carbocycles. The van der Waals surface area contributed by atoms with E-state index in [1.165, 1.54) is 0 Å². The number of likely N-dealkylation sites (tertiary alicyclic amines) is 1. The molecule has 1 N–H and O–H groups in total. The van der Waals surface area contributed by atoms with E-state index in [4.69, 9.17) is 9.47 Å². The third kappa shape index (κ3) is 2.43. The van der Waals surface area contributed by atoms with Crippen LogP contribution in [-0.4, -0.2) is 57.5 Å². The van der Waals surface area contributed by atoms with Crippen LogP contribution in [0.5, 0.6) is 5.75 Å². The SMILES string of the molecule is O=C1COc2cc(C(=O)N3CC[C@@H]4OCc5cnnn5[C@@H]4C3)ccc2N1. The number of benzene rings is 1. The van der Waals surface area contributed by atoms with E-state index in [9.17, 15) is 9.59 Å². The van der Waals surface area contributed by atoms with Gasteiger partial charge in [-0.15, -0.1) is 5.10 Å². The first-order chi connectivity index (χ1) is 12.7. The lowest BCUT2D eigenvalue weighted by Crippen LogP contribution is -2.49. The van der Waals surface area contributed by atoms with E-state index in [0.29, 0.717) is 36.7 Å². The van der Waals surface area contributed by atoms with E-state index >= 15 is 0 Å². The van der Waals surface area contributed by atoms with Gasteiger partial charge in [-0.3, -0.25) is 9.59 Å². The largest absolute Gasteiger partial charge is 0.482 e. The van der Waals surface area contributed by atoms with Gasteiger partial charge in [0.2, 0.25) is 0 Å². The number of ether oxygens (including phenoxy) is 2. The Balaban J connectivity index is 1.38. The Hall–Kier alpha value is -2.94. The van der Waals surface area contributed by atoms with Gasteiger partial charge in [-0.25, -0.2) is 4.68 Å². The van der Waals surface area contributed by atoms with Gasteiger partial charge in [-0.2, -0.15) is 0 Å². The van der Waals surface area contributed by atoms with Crippen LogP contribution in [0.3, 0.4) is 0 Å². The molecule has 9 heteroatoms. The Morgan fingerprint density at radius 2 is 2.23 bits per heavy atom. The number of carbonyl (C=O) groups is 2. The van der Waals surface area contributed by atoms with Crippen molar-refractivity contribution in [2.24, 2.45) is 0 Å². The lowest BCUT2D eigenvalue weighted by atomic mass is 9.99. The average Bonchev–Trinajstić information content (AvgIpc) is 3.16. The molecule has 9 nitrogen and oxygen atoms in total. The molecule has 2 aromatic rings. The fourth-order valence-corrected chi connectivity index (χ4v) is 3.75. The standard InChI is InChI=1S/C17H17N5O4/c23-16-9-26-15-5-10(1-2-12(15)19-16)17(24)21-4-3-14-13(7-21)22-11(8-25-14)6-18-20-22/h1-2,5-6,13-14H,3-4,7-9H2,(H,19,23)/t13-,14+/m1/s1. The van der Waals surface area contributed by atoms with E-state index in [0.717, 1.165) is 12.1 Å². The zero-order chi connectivity index (χ0) is 17.7. The van der Waals surface area contributed by atoms with Crippen molar-refractivity contribution in [3.8, 4) is 5.75 Å². The number of aromatic nitrogens is 3. The molecule has 2 amide bonds. The molecule has 1 aromatic heterocycles. The van der Waals surface area contributed by atoms with Crippen LogP contribution < -0.4 is 10.1 Å².